The van der Waals surface area contributed by atoms with Gasteiger partial charge in [0.05, 0.1) is 5.69 Å². The number of nitrogens with zero attached hydrogens (tertiary/aromatic N) is 1. The van der Waals surface area contributed by atoms with E-state index in [1.807, 2.05) is 6.07 Å². The highest BCUT2D eigenvalue weighted by atomic mass is 14.7. The van der Waals surface area contributed by atoms with E-state index in [-0.39, 0.29) is 0 Å². The van der Waals surface area contributed by atoms with Crippen molar-refractivity contribution in [3.05, 3.63) is 54.2 Å². The van der Waals surface area contributed by atoms with Gasteiger partial charge in [-0.25, -0.2) is 0 Å². The third-order valence-corrected chi connectivity index (χ3v) is 3.93. The van der Waals surface area contributed by atoms with E-state index in [4.69, 9.17) is 0 Å². The summed E-state index contributed by atoms with van der Waals surface area (Å²) in [6.07, 6.45) is 8.93. The second kappa shape index (κ2) is 5.34. The molecular weight excluding hydrogens is 218 g/mol. The summed E-state index contributed by atoms with van der Waals surface area (Å²) in [5.74, 6) is 0.746. The molecule has 0 amide bonds. The van der Waals surface area contributed by atoms with Gasteiger partial charge in [0.2, 0.25) is 0 Å². The summed E-state index contributed by atoms with van der Waals surface area (Å²) >= 11 is 0. The van der Waals surface area contributed by atoms with Gasteiger partial charge in [-0.15, -0.1) is 0 Å². The Labute approximate surface area is 109 Å². The molecular formula is C17H19N. The lowest BCUT2D eigenvalue weighted by atomic mass is 9.85. The topological polar surface area (TPSA) is 12.9 Å². The Morgan fingerprint density at radius 1 is 0.833 bits per heavy atom. The maximum absolute atomic E-state index is 4.62. The Kier molecular flexibility index (Phi) is 3.40. The molecule has 1 aromatic heterocycles. The van der Waals surface area contributed by atoms with Crippen LogP contribution in [0.15, 0.2) is 48.7 Å². The van der Waals surface area contributed by atoms with Crippen molar-refractivity contribution in [1.29, 1.82) is 0 Å². The fraction of sp³-hybridized carbons (Fsp3) is 0.353. The molecule has 1 aliphatic carbocycles. The molecule has 0 saturated heterocycles. The van der Waals surface area contributed by atoms with Gasteiger partial charge < -0.3 is 0 Å². The quantitative estimate of drug-likeness (QED) is 0.731. The molecule has 1 heteroatoms. The third-order valence-electron chi connectivity index (χ3n) is 3.93. The predicted molar refractivity (Wildman–Crippen MR) is 75.5 cm³/mol. The monoisotopic (exact) mass is 237 g/mol. The molecule has 1 aromatic carbocycles. The second-order valence-electron chi connectivity index (χ2n) is 5.18. The van der Waals surface area contributed by atoms with Gasteiger partial charge in [0, 0.05) is 11.8 Å². The highest BCUT2D eigenvalue weighted by molar-refractivity contribution is 5.58. The smallest absolute Gasteiger partial charge is 0.0702 e. The van der Waals surface area contributed by atoms with Gasteiger partial charge in [0.15, 0.2) is 0 Å². The zero-order valence-electron chi connectivity index (χ0n) is 10.7. The zero-order chi connectivity index (χ0) is 12.2. The number of pyridine rings is 1. The predicted octanol–water partition coefficient (Wildman–Crippen LogP) is 4.80. The summed E-state index contributed by atoms with van der Waals surface area (Å²) in [4.78, 5) is 4.62. The third kappa shape index (κ3) is 2.45. The van der Waals surface area contributed by atoms with Crippen molar-refractivity contribution in [2.45, 2.75) is 38.0 Å². The molecule has 1 saturated carbocycles. The molecule has 1 fully saturated rings. The van der Waals surface area contributed by atoms with Crippen molar-refractivity contribution >= 4 is 0 Å². The van der Waals surface area contributed by atoms with Crippen LogP contribution in [0.1, 0.15) is 43.6 Å². The molecule has 1 aliphatic rings. The SMILES string of the molecule is c1ccc(-c2ccc(C3CCCCC3)cn2)cc1. The van der Waals surface area contributed by atoms with E-state index >= 15 is 0 Å². The first-order valence-corrected chi connectivity index (χ1v) is 6.95. The number of aromatic nitrogens is 1. The fourth-order valence-electron chi connectivity index (χ4n) is 2.86. The van der Waals surface area contributed by atoms with E-state index < -0.39 is 0 Å². The zero-order valence-corrected chi connectivity index (χ0v) is 10.7. The standard InChI is InChI=1S/C17H19N/c1-3-7-14(8-4-1)16-11-12-17(18-13-16)15-9-5-2-6-10-15/h2,5-6,9-14H,1,3-4,7-8H2. The van der Waals surface area contributed by atoms with Crippen LogP contribution in [0, 0.1) is 0 Å². The van der Waals surface area contributed by atoms with Crippen molar-refractivity contribution in [2.24, 2.45) is 0 Å². The van der Waals surface area contributed by atoms with Gasteiger partial charge in [0.25, 0.3) is 0 Å². The lowest BCUT2D eigenvalue weighted by molar-refractivity contribution is 0.443. The molecule has 2 aromatic rings. The Hall–Kier alpha value is -1.63. The van der Waals surface area contributed by atoms with Gasteiger partial charge in [0.1, 0.15) is 0 Å². The van der Waals surface area contributed by atoms with E-state index in [0.717, 1.165) is 11.6 Å². The summed E-state index contributed by atoms with van der Waals surface area (Å²) in [5.41, 5.74) is 3.71. The lowest BCUT2D eigenvalue weighted by Gasteiger charge is -2.21. The highest BCUT2D eigenvalue weighted by Gasteiger charge is 2.15. The van der Waals surface area contributed by atoms with Crippen LogP contribution in [-0.2, 0) is 0 Å². The number of hydrogen-bond acceptors (Lipinski definition) is 1. The molecule has 1 heterocycles. The van der Waals surface area contributed by atoms with Gasteiger partial charge in [-0.05, 0) is 30.4 Å². The highest BCUT2D eigenvalue weighted by Crippen LogP contribution is 2.32. The van der Waals surface area contributed by atoms with Crippen molar-refractivity contribution in [1.82, 2.24) is 4.98 Å². The van der Waals surface area contributed by atoms with E-state index in [2.05, 4.69) is 47.6 Å². The molecule has 0 atom stereocenters. The van der Waals surface area contributed by atoms with E-state index in [1.165, 1.54) is 43.2 Å². The summed E-state index contributed by atoms with van der Waals surface area (Å²) in [6.45, 7) is 0. The molecule has 0 radical (unpaired) electrons. The largest absolute Gasteiger partial charge is 0.256 e. The van der Waals surface area contributed by atoms with Gasteiger partial charge in [-0.1, -0.05) is 55.7 Å². The first-order chi connectivity index (χ1) is 8.93. The van der Waals surface area contributed by atoms with Gasteiger partial charge in [-0.3, -0.25) is 4.98 Å². The average Bonchev–Trinajstić information content (AvgIpc) is 2.49. The maximum atomic E-state index is 4.62. The Balaban J connectivity index is 1.80. The molecule has 18 heavy (non-hydrogen) atoms. The molecule has 3 rings (SSSR count). The van der Waals surface area contributed by atoms with Crippen molar-refractivity contribution in [3.8, 4) is 11.3 Å². The fourth-order valence-corrected chi connectivity index (χ4v) is 2.86. The molecule has 0 unspecified atom stereocenters. The van der Waals surface area contributed by atoms with Gasteiger partial charge in [-0.2, -0.15) is 0 Å². The first-order valence-electron chi connectivity index (χ1n) is 6.95. The Morgan fingerprint density at radius 2 is 1.61 bits per heavy atom. The minimum absolute atomic E-state index is 0.746. The summed E-state index contributed by atoms with van der Waals surface area (Å²) in [5, 5.41) is 0. The van der Waals surface area contributed by atoms with Crippen LogP contribution in [0.25, 0.3) is 11.3 Å². The number of rotatable bonds is 2. The number of hydrogen-bond donors (Lipinski definition) is 0. The molecule has 0 aliphatic heterocycles. The Morgan fingerprint density at radius 3 is 2.28 bits per heavy atom. The van der Waals surface area contributed by atoms with Crippen molar-refractivity contribution in [2.75, 3.05) is 0 Å². The molecule has 0 N–H and O–H groups in total. The minimum atomic E-state index is 0.746. The molecule has 0 spiro atoms. The minimum Gasteiger partial charge on any atom is -0.256 e. The van der Waals surface area contributed by atoms with Crippen LogP contribution < -0.4 is 0 Å². The molecule has 1 nitrogen and oxygen atoms in total. The summed E-state index contributed by atoms with van der Waals surface area (Å²) in [7, 11) is 0. The maximum Gasteiger partial charge on any atom is 0.0702 e. The first kappa shape index (κ1) is 11.5. The van der Waals surface area contributed by atoms with E-state index in [0.29, 0.717) is 0 Å². The van der Waals surface area contributed by atoms with Crippen molar-refractivity contribution in [3.63, 3.8) is 0 Å². The normalized spacial score (nSPS) is 16.7. The van der Waals surface area contributed by atoms with E-state index in [9.17, 15) is 0 Å². The van der Waals surface area contributed by atoms with Crippen LogP contribution in [0.5, 0.6) is 0 Å². The molecule has 0 bridgehead atoms. The Bertz CT molecular complexity index is 481. The lowest BCUT2D eigenvalue weighted by Crippen LogP contribution is -2.04. The van der Waals surface area contributed by atoms with Gasteiger partial charge >= 0.3 is 0 Å². The summed E-state index contributed by atoms with van der Waals surface area (Å²) < 4.78 is 0. The second-order valence-corrected chi connectivity index (χ2v) is 5.18. The van der Waals surface area contributed by atoms with Crippen LogP contribution in [0.2, 0.25) is 0 Å². The van der Waals surface area contributed by atoms with Crippen LogP contribution in [0.4, 0.5) is 0 Å². The van der Waals surface area contributed by atoms with Crippen LogP contribution >= 0.6 is 0 Å². The summed E-state index contributed by atoms with van der Waals surface area (Å²) in [6, 6.07) is 14.8. The van der Waals surface area contributed by atoms with Crippen LogP contribution in [0.3, 0.4) is 0 Å². The molecule has 92 valence electrons. The average molecular weight is 237 g/mol. The number of benzene rings is 1. The van der Waals surface area contributed by atoms with E-state index in [1.54, 1.807) is 0 Å². The van der Waals surface area contributed by atoms with Crippen LogP contribution in [-0.4, -0.2) is 4.98 Å². The van der Waals surface area contributed by atoms with Crippen molar-refractivity contribution < 1.29 is 0 Å².